The van der Waals surface area contributed by atoms with Crippen LogP contribution in [0, 0.1) is 10.8 Å². The molecule has 151 valence electrons. The van der Waals surface area contributed by atoms with Gasteiger partial charge >= 0.3 is 0 Å². The molecule has 1 aliphatic carbocycles. The number of ketones is 1. The standard InChI is InChI=1S/C20H30O.ClO3.H3N.Na/c1-8-17(21)19-15(12(2)3)11-16-14(18(19)13(4)5)9-10-20(16,6)7;2-1(3)4;;/h11-13H,8-10H2,1-7H3;;1H3;/q;-1;;/p+1. The summed E-state index contributed by atoms with van der Waals surface area (Å²) in [7, 11) is -2.85. The second-order valence-corrected chi connectivity index (χ2v) is 8.32. The van der Waals surface area contributed by atoms with Crippen molar-refractivity contribution >= 4 is 35.3 Å². The first-order valence-corrected chi connectivity index (χ1v) is 9.82. The average molecular weight is 411 g/mol. The Morgan fingerprint density at radius 2 is 1.63 bits per heavy atom. The third-order valence-corrected chi connectivity index (χ3v) is 5.04. The number of fused-ring (bicyclic) bond motifs is 1. The van der Waals surface area contributed by atoms with Gasteiger partial charge in [0.1, 0.15) is 0 Å². The van der Waals surface area contributed by atoms with Crippen molar-refractivity contribution in [2.45, 2.75) is 85.0 Å². The topological polar surface area (TPSA) is 123 Å². The molecule has 5 nitrogen and oxygen atoms in total. The number of carbonyl (C=O) groups excluding carboxylic acids is 1. The number of halogens is 1. The summed E-state index contributed by atoms with van der Waals surface area (Å²) < 4.78 is 25.2. The van der Waals surface area contributed by atoms with Crippen LogP contribution in [0.2, 0.25) is 0 Å². The van der Waals surface area contributed by atoms with E-state index in [0.29, 0.717) is 24.0 Å². The number of hydrogen-bond acceptors (Lipinski definition) is 4. The van der Waals surface area contributed by atoms with Crippen LogP contribution in [0.3, 0.4) is 0 Å². The van der Waals surface area contributed by atoms with Crippen molar-refractivity contribution in [3.8, 4) is 0 Å². The summed E-state index contributed by atoms with van der Waals surface area (Å²) in [6.45, 7) is 15.5. The first kappa shape index (κ1) is 29.2. The zero-order valence-electron chi connectivity index (χ0n) is 18.4. The molecule has 2 rings (SSSR count). The Bertz CT molecular complexity index is 628. The predicted molar refractivity (Wildman–Crippen MR) is 102 cm³/mol. The minimum Gasteiger partial charge on any atom is -0.369 e. The van der Waals surface area contributed by atoms with E-state index in [2.05, 4.69) is 47.6 Å². The minimum atomic E-state index is -2.85. The molecule has 1 radical (unpaired) electrons. The van der Waals surface area contributed by atoms with E-state index in [9.17, 15) is 4.79 Å². The van der Waals surface area contributed by atoms with Crippen LogP contribution in [0.1, 0.15) is 106 Å². The number of rotatable bonds is 4. The summed E-state index contributed by atoms with van der Waals surface area (Å²) in [4.78, 5) is 12.6. The van der Waals surface area contributed by atoms with Gasteiger partial charge in [-0.3, -0.25) is 4.79 Å². The van der Waals surface area contributed by atoms with Crippen molar-refractivity contribution in [1.29, 1.82) is 0 Å². The van der Waals surface area contributed by atoms with Gasteiger partial charge in [0.2, 0.25) is 0 Å². The third kappa shape index (κ3) is 7.09. The molecule has 0 saturated carbocycles. The number of carbonyl (C=O) groups is 1. The maximum Gasteiger partial charge on any atom is 0.163 e. The molecule has 0 atom stereocenters. The van der Waals surface area contributed by atoms with Crippen LogP contribution in [-0.4, -0.2) is 35.3 Å². The molecule has 1 aliphatic rings. The fraction of sp³-hybridized carbons (Fsp3) is 0.650. The molecule has 4 N–H and O–H groups in total. The van der Waals surface area contributed by atoms with Gasteiger partial charge in [-0.15, -0.1) is 0 Å². The maximum absolute atomic E-state index is 12.6. The monoisotopic (exact) mass is 410 g/mol. The third-order valence-electron chi connectivity index (χ3n) is 5.04. The molecule has 7 heteroatoms. The van der Waals surface area contributed by atoms with Crippen LogP contribution >= 0.6 is 0 Å². The van der Waals surface area contributed by atoms with Crippen LogP contribution in [0.25, 0.3) is 0 Å². The molecule has 0 bridgehead atoms. The SMILES string of the molecule is CCC(=O)c1c(C(C)C)cc2c(c1C(C)C)CCC2(C)C.[NH4+].[Na].[O-][Cl+2]([O-])[O-]. The number of benzene rings is 1. The van der Waals surface area contributed by atoms with Crippen LogP contribution in [0.4, 0.5) is 0 Å². The van der Waals surface area contributed by atoms with Gasteiger partial charge < -0.3 is 20.1 Å². The summed E-state index contributed by atoms with van der Waals surface area (Å²) in [5, 5.41) is 0. The van der Waals surface area contributed by atoms with E-state index in [4.69, 9.17) is 14.0 Å². The number of quaternary nitrogens is 1. The second-order valence-electron chi connectivity index (χ2n) is 7.94. The quantitative estimate of drug-likeness (QED) is 0.603. The van der Waals surface area contributed by atoms with Gasteiger partial charge in [0.15, 0.2) is 5.78 Å². The summed E-state index contributed by atoms with van der Waals surface area (Å²) in [6.07, 6.45) is 2.92. The second kappa shape index (κ2) is 11.9. The molecule has 0 spiro atoms. The van der Waals surface area contributed by atoms with Crippen molar-refractivity contribution < 1.29 is 29.6 Å². The van der Waals surface area contributed by atoms with E-state index in [1.807, 2.05) is 6.92 Å². The van der Waals surface area contributed by atoms with Gasteiger partial charge in [0.25, 0.3) is 0 Å². The molecule has 27 heavy (non-hydrogen) atoms. The van der Waals surface area contributed by atoms with E-state index in [-0.39, 0.29) is 41.1 Å². The molecular formula is C20H34ClNNaO4. The Morgan fingerprint density at radius 3 is 2.00 bits per heavy atom. The summed E-state index contributed by atoms with van der Waals surface area (Å²) >= 11 is 0. The van der Waals surface area contributed by atoms with E-state index < -0.39 is 10.8 Å². The fourth-order valence-electron chi connectivity index (χ4n) is 3.79. The maximum atomic E-state index is 12.6. The number of Topliss-reactive ketones (excluding diaryl/α,β-unsaturated/α-hetero) is 1. The van der Waals surface area contributed by atoms with Crippen molar-refractivity contribution in [2.75, 3.05) is 0 Å². The number of hydrogen-bond donors (Lipinski definition) is 1. The van der Waals surface area contributed by atoms with Crippen molar-refractivity contribution in [3.05, 3.63) is 33.9 Å². The minimum absolute atomic E-state index is 0. The van der Waals surface area contributed by atoms with Crippen LogP contribution in [-0.2, 0) is 11.8 Å². The summed E-state index contributed by atoms with van der Waals surface area (Å²) in [5.41, 5.74) is 6.85. The van der Waals surface area contributed by atoms with Crippen LogP contribution in [0.15, 0.2) is 6.07 Å². The first-order chi connectivity index (χ1) is 11.4. The fourth-order valence-corrected chi connectivity index (χ4v) is 3.79. The van der Waals surface area contributed by atoms with Crippen molar-refractivity contribution in [1.82, 2.24) is 6.15 Å². The van der Waals surface area contributed by atoms with Crippen LogP contribution in [0.5, 0.6) is 0 Å². The molecule has 0 amide bonds. The predicted octanol–water partition coefficient (Wildman–Crippen LogP) is 2.18. The molecule has 0 aliphatic heterocycles. The summed E-state index contributed by atoms with van der Waals surface area (Å²) in [5.74, 6) is 1.13. The Balaban J connectivity index is 0. The molecule has 1 aromatic rings. The largest absolute Gasteiger partial charge is 0.369 e. The molecule has 0 fully saturated rings. The Kier molecular flexibility index (Phi) is 12.9. The average Bonchev–Trinajstić information content (AvgIpc) is 2.79. The van der Waals surface area contributed by atoms with Gasteiger partial charge in [-0.25, -0.2) is 0 Å². The molecular weight excluding hydrogens is 377 g/mol. The van der Waals surface area contributed by atoms with Gasteiger partial charge in [0, 0.05) is 41.5 Å². The van der Waals surface area contributed by atoms with Crippen molar-refractivity contribution in [2.24, 2.45) is 0 Å². The molecule has 0 heterocycles. The molecule has 1 aromatic carbocycles. The zero-order valence-corrected chi connectivity index (χ0v) is 21.1. The van der Waals surface area contributed by atoms with E-state index in [1.165, 1.54) is 28.7 Å². The van der Waals surface area contributed by atoms with Gasteiger partial charge in [0.05, 0.1) is 10.8 Å². The van der Waals surface area contributed by atoms with E-state index >= 15 is 0 Å². The Hall–Kier alpha value is 0.0200. The van der Waals surface area contributed by atoms with Crippen LogP contribution < -0.4 is 20.1 Å². The van der Waals surface area contributed by atoms with Crippen molar-refractivity contribution in [3.63, 3.8) is 0 Å². The molecule has 0 saturated heterocycles. The van der Waals surface area contributed by atoms with Gasteiger partial charge in [-0.1, -0.05) is 54.5 Å². The summed E-state index contributed by atoms with van der Waals surface area (Å²) in [6, 6.07) is 2.35. The smallest absolute Gasteiger partial charge is 0.163 e. The first-order valence-electron chi connectivity index (χ1n) is 8.90. The Labute approximate surface area is 189 Å². The molecule has 0 aromatic heterocycles. The van der Waals surface area contributed by atoms with Gasteiger partial charge in [-0.05, 0) is 52.3 Å². The van der Waals surface area contributed by atoms with E-state index in [0.717, 1.165) is 12.0 Å². The normalized spacial score (nSPS) is 14.3. The van der Waals surface area contributed by atoms with E-state index in [1.54, 1.807) is 0 Å². The zero-order chi connectivity index (χ0) is 19.5. The Morgan fingerprint density at radius 1 is 1.15 bits per heavy atom. The molecule has 0 unspecified atom stereocenters. The van der Waals surface area contributed by atoms with Gasteiger partial charge in [-0.2, -0.15) is 0 Å².